The van der Waals surface area contributed by atoms with Gasteiger partial charge in [-0.1, -0.05) is 60.7 Å². The van der Waals surface area contributed by atoms with Crippen molar-refractivity contribution in [2.45, 2.75) is 5.75 Å². The highest BCUT2D eigenvalue weighted by Crippen LogP contribution is 2.25. The molecular weight excluding hydrogens is 324 g/mol. The van der Waals surface area contributed by atoms with Crippen LogP contribution in [0, 0.1) is 0 Å². The van der Waals surface area contributed by atoms with Crippen molar-refractivity contribution < 1.29 is 13.5 Å². The van der Waals surface area contributed by atoms with E-state index in [9.17, 15) is 13.5 Å². The van der Waals surface area contributed by atoms with Gasteiger partial charge in [0.2, 0.25) is 0 Å². The zero-order valence-corrected chi connectivity index (χ0v) is 13.6. The third kappa shape index (κ3) is 3.72. The van der Waals surface area contributed by atoms with E-state index in [1.54, 1.807) is 36.4 Å². The monoisotopic (exact) mass is 340 g/mol. The third-order valence-electron chi connectivity index (χ3n) is 3.53. The lowest BCUT2D eigenvalue weighted by Crippen LogP contribution is -2.20. The van der Waals surface area contributed by atoms with Gasteiger partial charge in [0.25, 0.3) is 10.0 Å². The normalized spacial score (nSPS) is 11.8. The highest BCUT2D eigenvalue weighted by atomic mass is 32.2. The molecular formula is C18H16N2O3S. The van der Waals surface area contributed by atoms with Crippen LogP contribution < -0.4 is 4.83 Å². The number of hydrogen-bond donors (Lipinski definition) is 2. The molecule has 0 atom stereocenters. The highest BCUT2D eigenvalue weighted by molar-refractivity contribution is 7.88. The number of sulfonamides is 1. The first-order chi connectivity index (χ1) is 11.6. The van der Waals surface area contributed by atoms with E-state index in [1.807, 2.05) is 30.3 Å². The predicted molar refractivity (Wildman–Crippen MR) is 95.4 cm³/mol. The molecule has 2 N–H and O–H groups in total. The molecule has 0 fully saturated rings. The van der Waals surface area contributed by atoms with Gasteiger partial charge in [0, 0.05) is 5.56 Å². The predicted octanol–water partition coefficient (Wildman–Crippen LogP) is 3.00. The first kappa shape index (κ1) is 16.0. The van der Waals surface area contributed by atoms with Crippen LogP contribution in [-0.2, 0) is 15.8 Å². The largest absolute Gasteiger partial charge is 0.507 e. The number of aromatic hydroxyl groups is 1. The van der Waals surface area contributed by atoms with Gasteiger partial charge in [-0.05, 0) is 22.4 Å². The van der Waals surface area contributed by atoms with E-state index in [2.05, 4.69) is 9.93 Å². The lowest BCUT2D eigenvalue weighted by Gasteiger charge is -2.06. The zero-order chi connectivity index (χ0) is 17.0. The van der Waals surface area contributed by atoms with Gasteiger partial charge in [-0.3, -0.25) is 0 Å². The Morgan fingerprint density at radius 2 is 1.67 bits per heavy atom. The Morgan fingerprint density at radius 1 is 0.958 bits per heavy atom. The minimum absolute atomic E-state index is 0.0414. The van der Waals surface area contributed by atoms with Crippen LogP contribution in [0.5, 0.6) is 5.75 Å². The summed E-state index contributed by atoms with van der Waals surface area (Å²) in [6.45, 7) is 0. The topological polar surface area (TPSA) is 78.8 Å². The van der Waals surface area contributed by atoms with E-state index in [4.69, 9.17) is 0 Å². The molecule has 0 saturated heterocycles. The van der Waals surface area contributed by atoms with Crippen LogP contribution >= 0.6 is 0 Å². The van der Waals surface area contributed by atoms with Gasteiger partial charge in [-0.2, -0.15) is 5.10 Å². The molecule has 24 heavy (non-hydrogen) atoms. The smallest absolute Gasteiger partial charge is 0.251 e. The third-order valence-corrected chi connectivity index (χ3v) is 4.63. The number of nitrogens with one attached hydrogen (secondary N) is 1. The van der Waals surface area contributed by atoms with E-state index in [1.165, 1.54) is 6.21 Å². The quantitative estimate of drug-likeness (QED) is 0.553. The Morgan fingerprint density at radius 3 is 2.46 bits per heavy atom. The second-order valence-electron chi connectivity index (χ2n) is 5.31. The fourth-order valence-corrected chi connectivity index (χ4v) is 3.33. The molecule has 0 saturated carbocycles. The summed E-state index contributed by atoms with van der Waals surface area (Å²) in [7, 11) is -3.60. The van der Waals surface area contributed by atoms with Crippen LogP contribution in [0.25, 0.3) is 10.8 Å². The van der Waals surface area contributed by atoms with Gasteiger partial charge >= 0.3 is 0 Å². The van der Waals surface area contributed by atoms with Crippen LogP contribution in [0.15, 0.2) is 71.8 Å². The molecule has 0 aliphatic carbocycles. The summed E-state index contributed by atoms with van der Waals surface area (Å²) in [5, 5.41) is 15.5. The second kappa shape index (κ2) is 6.72. The molecule has 0 radical (unpaired) electrons. The standard InChI is InChI=1S/C18H16N2O3S/c21-18-11-10-15-8-4-5-9-16(15)17(18)12-19-20-24(22,23)13-14-6-2-1-3-7-14/h1-12,20-21H,13H2/b19-12+. The van der Waals surface area contributed by atoms with Crippen molar-refractivity contribution in [1.29, 1.82) is 0 Å². The molecule has 0 spiro atoms. The number of phenols is 1. The first-order valence-corrected chi connectivity index (χ1v) is 8.97. The summed E-state index contributed by atoms with van der Waals surface area (Å²) < 4.78 is 24.1. The van der Waals surface area contributed by atoms with E-state index in [0.29, 0.717) is 11.1 Å². The molecule has 122 valence electrons. The number of rotatable bonds is 5. The van der Waals surface area contributed by atoms with Crippen molar-refractivity contribution in [3.8, 4) is 5.75 Å². The van der Waals surface area contributed by atoms with E-state index in [-0.39, 0.29) is 11.5 Å². The minimum Gasteiger partial charge on any atom is -0.507 e. The van der Waals surface area contributed by atoms with Crippen LogP contribution in [0.2, 0.25) is 0 Å². The van der Waals surface area contributed by atoms with Gasteiger partial charge in [0.05, 0.1) is 12.0 Å². The van der Waals surface area contributed by atoms with Crippen LogP contribution in [0.3, 0.4) is 0 Å². The van der Waals surface area contributed by atoms with Crippen molar-refractivity contribution in [1.82, 2.24) is 4.83 Å². The molecule has 0 amide bonds. The number of hydrogen-bond acceptors (Lipinski definition) is 4. The second-order valence-corrected chi connectivity index (χ2v) is 7.01. The maximum atomic E-state index is 12.1. The molecule has 0 unspecified atom stereocenters. The SMILES string of the molecule is O=S(=O)(Cc1ccccc1)N/N=C/c1c(O)ccc2ccccc12. The van der Waals surface area contributed by atoms with Crippen molar-refractivity contribution >= 4 is 27.0 Å². The number of benzene rings is 3. The summed E-state index contributed by atoms with van der Waals surface area (Å²) in [6, 6.07) is 19.7. The van der Waals surface area contributed by atoms with Crippen LogP contribution in [-0.4, -0.2) is 19.7 Å². The summed E-state index contributed by atoms with van der Waals surface area (Å²) in [5.41, 5.74) is 1.14. The van der Waals surface area contributed by atoms with Crippen molar-refractivity contribution in [3.05, 3.63) is 77.9 Å². The molecule has 0 aliphatic rings. The summed E-state index contributed by atoms with van der Waals surface area (Å²) in [4.78, 5) is 2.18. The maximum Gasteiger partial charge on any atom is 0.251 e. The van der Waals surface area contributed by atoms with Gasteiger partial charge in [-0.15, -0.1) is 0 Å². The summed E-state index contributed by atoms with van der Waals surface area (Å²) in [6.07, 6.45) is 1.32. The first-order valence-electron chi connectivity index (χ1n) is 7.32. The number of hydrazone groups is 1. The highest BCUT2D eigenvalue weighted by Gasteiger charge is 2.10. The van der Waals surface area contributed by atoms with Gasteiger partial charge in [0.1, 0.15) is 5.75 Å². The van der Waals surface area contributed by atoms with Crippen molar-refractivity contribution in [3.63, 3.8) is 0 Å². The molecule has 0 bridgehead atoms. The summed E-state index contributed by atoms with van der Waals surface area (Å²) >= 11 is 0. The minimum atomic E-state index is -3.60. The molecule has 0 aliphatic heterocycles. The lowest BCUT2D eigenvalue weighted by molar-refractivity contribution is 0.475. The van der Waals surface area contributed by atoms with Gasteiger partial charge in [0.15, 0.2) is 0 Å². The molecule has 0 heterocycles. The molecule has 0 aromatic heterocycles. The van der Waals surface area contributed by atoms with Crippen molar-refractivity contribution in [2.24, 2.45) is 5.10 Å². The number of nitrogens with zero attached hydrogens (tertiary/aromatic N) is 1. The van der Waals surface area contributed by atoms with Crippen molar-refractivity contribution in [2.75, 3.05) is 0 Å². The maximum absolute atomic E-state index is 12.1. The molecule has 3 aromatic rings. The van der Waals surface area contributed by atoms with Crippen LogP contribution in [0.1, 0.15) is 11.1 Å². The van der Waals surface area contributed by atoms with Gasteiger partial charge in [-0.25, -0.2) is 13.2 Å². The fourth-order valence-electron chi connectivity index (χ4n) is 2.42. The molecule has 5 nitrogen and oxygen atoms in total. The van der Waals surface area contributed by atoms with E-state index in [0.717, 1.165) is 10.8 Å². The average molecular weight is 340 g/mol. The molecule has 3 aromatic carbocycles. The van der Waals surface area contributed by atoms with Crippen LogP contribution in [0.4, 0.5) is 0 Å². The Balaban J connectivity index is 1.80. The fraction of sp³-hybridized carbons (Fsp3) is 0.0556. The number of phenolic OH excluding ortho intramolecular Hbond substituents is 1. The lowest BCUT2D eigenvalue weighted by atomic mass is 10.0. The Kier molecular flexibility index (Phi) is 4.48. The Labute approximate surface area is 140 Å². The van der Waals surface area contributed by atoms with Gasteiger partial charge < -0.3 is 5.11 Å². The zero-order valence-electron chi connectivity index (χ0n) is 12.8. The molecule has 3 rings (SSSR count). The summed E-state index contributed by atoms with van der Waals surface area (Å²) in [5.74, 6) is -0.119. The Bertz CT molecular complexity index is 984. The number of fused-ring (bicyclic) bond motifs is 1. The molecule has 6 heteroatoms. The average Bonchev–Trinajstić information content (AvgIpc) is 2.57. The van der Waals surface area contributed by atoms with E-state index >= 15 is 0 Å². The van der Waals surface area contributed by atoms with E-state index < -0.39 is 10.0 Å². The Hall–Kier alpha value is -2.86.